The Morgan fingerprint density at radius 1 is 1.40 bits per heavy atom. The van der Waals surface area contributed by atoms with Crippen molar-refractivity contribution in [3.63, 3.8) is 0 Å². The Balaban J connectivity index is 2.16. The molecule has 0 heterocycles. The lowest BCUT2D eigenvalue weighted by Gasteiger charge is -2.08. The van der Waals surface area contributed by atoms with E-state index in [1.165, 1.54) is 0 Å². The number of nitro groups is 1. The first kappa shape index (κ1) is 5.89. The van der Waals surface area contributed by atoms with Crippen LogP contribution in [0.15, 0.2) is 12.2 Å². The highest BCUT2D eigenvalue weighted by Gasteiger charge is 2.42. The van der Waals surface area contributed by atoms with Crippen molar-refractivity contribution in [2.45, 2.75) is 18.9 Å². The van der Waals surface area contributed by atoms with E-state index in [2.05, 4.69) is 6.08 Å². The van der Waals surface area contributed by atoms with Crippen LogP contribution in [0.3, 0.4) is 0 Å². The van der Waals surface area contributed by atoms with E-state index in [9.17, 15) is 10.1 Å². The van der Waals surface area contributed by atoms with E-state index < -0.39 is 0 Å². The van der Waals surface area contributed by atoms with Gasteiger partial charge in [0.1, 0.15) is 0 Å². The molecule has 3 atom stereocenters. The van der Waals surface area contributed by atoms with Gasteiger partial charge in [0.05, 0.1) is 0 Å². The van der Waals surface area contributed by atoms with E-state index >= 15 is 0 Å². The summed E-state index contributed by atoms with van der Waals surface area (Å²) in [5.74, 6) is 0.764. The maximum Gasteiger partial charge on any atom is 0.219 e. The first-order valence-corrected chi connectivity index (χ1v) is 3.59. The smallest absolute Gasteiger partial charge is 0.219 e. The molecule has 2 aliphatic carbocycles. The zero-order valence-corrected chi connectivity index (χ0v) is 5.56. The van der Waals surface area contributed by atoms with Crippen LogP contribution in [0.2, 0.25) is 0 Å². The number of allylic oxidation sites excluding steroid dienone is 1. The zero-order valence-electron chi connectivity index (χ0n) is 5.56. The van der Waals surface area contributed by atoms with E-state index in [4.69, 9.17) is 0 Å². The maximum atomic E-state index is 10.4. The van der Waals surface area contributed by atoms with Crippen LogP contribution in [0.4, 0.5) is 0 Å². The molecule has 10 heavy (non-hydrogen) atoms. The van der Waals surface area contributed by atoms with E-state index in [-0.39, 0.29) is 16.9 Å². The lowest BCUT2D eigenvalue weighted by atomic mass is 10.0. The average molecular weight is 139 g/mol. The van der Waals surface area contributed by atoms with Gasteiger partial charge in [-0.15, -0.1) is 0 Å². The van der Waals surface area contributed by atoms with Crippen molar-refractivity contribution in [3.8, 4) is 0 Å². The molecule has 2 aliphatic rings. The highest BCUT2D eigenvalue weighted by Crippen LogP contribution is 2.40. The van der Waals surface area contributed by atoms with Gasteiger partial charge < -0.3 is 0 Å². The zero-order chi connectivity index (χ0) is 7.14. The molecular formula is C7H9NO2. The van der Waals surface area contributed by atoms with Crippen molar-refractivity contribution in [1.82, 2.24) is 0 Å². The van der Waals surface area contributed by atoms with Crippen molar-refractivity contribution < 1.29 is 4.92 Å². The standard InChI is InChI=1S/C7H9NO2/c9-8(10)7-4-5-1-2-6(7)3-5/h1-2,5-7H,3-4H2/t5-,6+,7-/m1/s1. The largest absolute Gasteiger partial charge is 0.264 e. The third-order valence-electron chi connectivity index (χ3n) is 2.51. The molecule has 0 spiro atoms. The van der Waals surface area contributed by atoms with Crippen molar-refractivity contribution in [1.29, 1.82) is 0 Å². The molecule has 0 saturated heterocycles. The van der Waals surface area contributed by atoms with Gasteiger partial charge in [-0.25, -0.2) is 0 Å². The Kier molecular flexibility index (Phi) is 1.07. The number of rotatable bonds is 1. The van der Waals surface area contributed by atoms with Gasteiger partial charge in [0.15, 0.2) is 0 Å². The molecule has 2 rings (SSSR count). The molecule has 0 radical (unpaired) electrons. The number of hydrogen-bond donors (Lipinski definition) is 0. The van der Waals surface area contributed by atoms with Gasteiger partial charge in [-0.1, -0.05) is 12.2 Å². The summed E-state index contributed by atoms with van der Waals surface area (Å²) in [4.78, 5) is 10.2. The van der Waals surface area contributed by atoms with E-state index in [1.807, 2.05) is 6.08 Å². The van der Waals surface area contributed by atoms with E-state index in [1.54, 1.807) is 0 Å². The molecule has 0 aliphatic heterocycles. The highest BCUT2D eigenvalue weighted by molar-refractivity contribution is 5.10. The second-order valence-electron chi connectivity index (χ2n) is 3.13. The Morgan fingerprint density at radius 3 is 2.50 bits per heavy atom. The third kappa shape index (κ3) is 0.664. The summed E-state index contributed by atoms with van der Waals surface area (Å²) in [7, 11) is 0. The van der Waals surface area contributed by atoms with Crippen LogP contribution in [-0.2, 0) is 0 Å². The van der Waals surface area contributed by atoms with Crippen LogP contribution in [0, 0.1) is 22.0 Å². The molecule has 1 saturated carbocycles. The SMILES string of the molecule is O=[N+]([O-])[C@@H]1C[C@@H]2C=C[C@H]1C2. The Hall–Kier alpha value is -0.860. The lowest BCUT2D eigenvalue weighted by molar-refractivity contribution is -0.527. The highest BCUT2D eigenvalue weighted by atomic mass is 16.6. The molecule has 3 heteroatoms. The summed E-state index contributed by atoms with van der Waals surface area (Å²) in [5, 5.41) is 10.4. The lowest BCUT2D eigenvalue weighted by Crippen LogP contribution is -2.23. The third-order valence-corrected chi connectivity index (χ3v) is 2.51. The average Bonchev–Trinajstić information content (AvgIpc) is 2.44. The molecule has 2 bridgehead atoms. The molecule has 0 aromatic rings. The van der Waals surface area contributed by atoms with Crippen LogP contribution in [0.5, 0.6) is 0 Å². The topological polar surface area (TPSA) is 43.1 Å². The van der Waals surface area contributed by atoms with Gasteiger partial charge in [0, 0.05) is 17.3 Å². The number of hydrogen-bond acceptors (Lipinski definition) is 2. The normalized spacial score (nSPS) is 42.6. The Morgan fingerprint density at radius 2 is 2.20 bits per heavy atom. The molecular weight excluding hydrogens is 130 g/mol. The second kappa shape index (κ2) is 1.81. The molecule has 0 aromatic carbocycles. The van der Waals surface area contributed by atoms with Crippen LogP contribution in [0.1, 0.15) is 12.8 Å². The quantitative estimate of drug-likeness (QED) is 0.311. The van der Waals surface area contributed by atoms with Crippen molar-refractivity contribution in [2.75, 3.05) is 0 Å². The minimum absolute atomic E-state index is 0.131. The first-order chi connectivity index (χ1) is 4.77. The fraction of sp³-hybridized carbons (Fsp3) is 0.714. The Bertz CT molecular complexity index is 200. The minimum atomic E-state index is -0.269. The first-order valence-electron chi connectivity index (χ1n) is 3.59. The molecule has 0 amide bonds. The Labute approximate surface area is 58.9 Å². The molecule has 0 N–H and O–H groups in total. The van der Waals surface area contributed by atoms with Gasteiger partial charge in [0.2, 0.25) is 6.04 Å². The maximum absolute atomic E-state index is 10.4. The van der Waals surface area contributed by atoms with Crippen molar-refractivity contribution >= 4 is 0 Å². The van der Waals surface area contributed by atoms with Gasteiger partial charge in [-0.05, 0) is 12.3 Å². The predicted octanol–water partition coefficient (Wildman–Crippen LogP) is 1.23. The summed E-state index contributed by atoms with van der Waals surface area (Å²) in [6, 6.07) is -0.269. The predicted molar refractivity (Wildman–Crippen MR) is 36.1 cm³/mol. The summed E-state index contributed by atoms with van der Waals surface area (Å²) >= 11 is 0. The summed E-state index contributed by atoms with van der Waals surface area (Å²) in [6.07, 6.45) is 5.91. The fourth-order valence-electron chi connectivity index (χ4n) is 1.99. The van der Waals surface area contributed by atoms with Gasteiger partial charge in [-0.3, -0.25) is 10.1 Å². The number of fused-ring (bicyclic) bond motifs is 2. The molecule has 0 aromatic heterocycles. The second-order valence-corrected chi connectivity index (χ2v) is 3.13. The van der Waals surface area contributed by atoms with Crippen LogP contribution < -0.4 is 0 Å². The summed E-state index contributed by atoms with van der Waals surface area (Å²) < 4.78 is 0. The van der Waals surface area contributed by atoms with Gasteiger partial charge in [0.25, 0.3) is 0 Å². The summed E-state index contributed by atoms with van der Waals surface area (Å²) in [6.45, 7) is 0. The van der Waals surface area contributed by atoms with Gasteiger partial charge >= 0.3 is 0 Å². The van der Waals surface area contributed by atoms with Crippen molar-refractivity contribution in [3.05, 3.63) is 22.3 Å². The fourth-order valence-corrected chi connectivity index (χ4v) is 1.99. The van der Waals surface area contributed by atoms with E-state index in [0.29, 0.717) is 5.92 Å². The number of nitrogens with zero attached hydrogens (tertiary/aromatic N) is 1. The van der Waals surface area contributed by atoms with Crippen LogP contribution >= 0.6 is 0 Å². The molecule has 0 unspecified atom stereocenters. The molecule has 3 nitrogen and oxygen atoms in total. The monoisotopic (exact) mass is 139 g/mol. The van der Waals surface area contributed by atoms with E-state index in [0.717, 1.165) is 12.8 Å². The molecule has 1 fully saturated rings. The van der Waals surface area contributed by atoms with Crippen LogP contribution in [0.25, 0.3) is 0 Å². The summed E-state index contributed by atoms with van der Waals surface area (Å²) in [5.41, 5.74) is 0. The van der Waals surface area contributed by atoms with Crippen molar-refractivity contribution in [2.24, 2.45) is 11.8 Å². The van der Waals surface area contributed by atoms with Crippen LogP contribution in [-0.4, -0.2) is 11.0 Å². The van der Waals surface area contributed by atoms with Gasteiger partial charge in [-0.2, -0.15) is 0 Å². The molecule has 54 valence electrons. The minimum Gasteiger partial charge on any atom is -0.264 e.